The van der Waals surface area contributed by atoms with E-state index in [0.29, 0.717) is 5.69 Å². The van der Waals surface area contributed by atoms with Crippen molar-refractivity contribution in [2.75, 3.05) is 0 Å². The number of amides is 2. The highest BCUT2D eigenvalue weighted by Crippen LogP contribution is 1.98. The molecule has 0 unspecified atom stereocenters. The molecule has 0 aromatic carbocycles. The number of oxazole rings is 1. The van der Waals surface area contributed by atoms with Crippen molar-refractivity contribution in [3.05, 3.63) is 18.4 Å². The first-order valence-electron chi connectivity index (χ1n) is 4.66. The molecule has 0 spiro atoms. The molecule has 0 aliphatic carbocycles. The molecule has 0 aliphatic heterocycles. The maximum Gasteiger partial charge on any atom is 0.326 e. The quantitative estimate of drug-likeness (QED) is 0.564. The van der Waals surface area contributed by atoms with Crippen LogP contribution in [0.1, 0.15) is 12.1 Å². The SMILES string of the molecule is NC(=O)C[C@H](NC(=O)Cc1cocn1)C(=O)O. The van der Waals surface area contributed by atoms with E-state index in [1.54, 1.807) is 0 Å². The van der Waals surface area contributed by atoms with Gasteiger partial charge < -0.3 is 20.6 Å². The Hall–Kier alpha value is -2.38. The van der Waals surface area contributed by atoms with Crippen LogP contribution >= 0.6 is 0 Å². The molecule has 0 aliphatic rings. The maximum absolute atomic E-state index is 11.4. The maximum atomic E-state index is 11.4. The Morgan fingerprint density at radius 3 is 2.71 bits per heavy atom. The molecule has 17 heavy (non-hydrogen) atoms. The van der Waals surface area contributed by atoms with Gasteiger partial charge in [0.1, 0.15) is 12.3 Å². The van der Waals surface area contributed by atoms with Crippen LogP contribution in [0.25, 0.3) is 0 Å². The van der Waals surface area contributed by atoms with Gasteiger partial charge >= 0.3 is 5.97 Å². The van der Waals surface area contributed by atoms with Crippen LogP contribution in [0.2, 0.25) is 0 Å². The second-order valence-corrected chi connectivity index (χ2v) is 3.29. The zero-order valence-corrected chi connectivity index (χ0v) is 8.75. The van der Waals surface area contributed by atoms with Crippen molar-refractivity contribution in [2.45, 2.75) is 18.9 Å². The number of carboxylic acids is 1. The van der Waals surface area contributed by atoms with Crippen LogP contribution in [0.15, 0.2) is 17.1 Å². The van der Waals surface area contributed by atoms with Crippen LogP contribution in [0.3, 0.4) is 0 Å². The van der Waals surface area contributed by atoms with Crippen molar-refractivity contribution in [1.29, 1.82) is 0 Å². The Kier molecular flexibility index (Phi) is 4.21. The third-order valence-corrected chi connectivity index (χ3v) is 1.86. The van der Waals surface area contributed by atoms with Crippen LogP contribution < -0.4 is 11.1 Å². The molecule has 1 heterocycles. The summed E-state index contributed by atoms with van der Waals surface area (Å²) in [6.07, 6.45) is 1.84. The zero-order valence-electron chi connectivity index (χ0n) is 8.75. The fraction of sp³-hybridized carbons (Fsp3) is 0.333. The summed E-state index contributed by atoms with van der Waals surface area (Å²) in [6, 6.07) is -1.33. The summed E-state index contributed by atoms with van der Waals surface area (Å²) in [6.45, 7) is 0. The topological polar surface area (TPSA) is 136 Å². The van der Waals surface area contributed by atoms with Crippen LogP contribution in [0.4, 0.5) is 0 Å². The smallest absolute Gasteiger partial charge is 0.326 e. The highest BCUT2D eigenvalue weighted by Gasteiger charge is 2.22. The minimum Gasteiger partial charge on any atom is -0.480 e. The monoisotopic (exact) mass is 241 g/mol. The van der Waals surface area contributed by atoms with Gasteiger partial charge in [-0.1, -0.05) is 0 Å². The first-order valence-corrected chi connectivity index (χ1v) is 4.66. The molecular formula is C9H11N3O5. The van der Waals surface area contributed by atoms with Gasteiger partial charge in [0.2, 0.25) is 11.8 Å². The largest absolute Gasteiger partial charge is 0.480 e. The van der Waals surface area contributed by atoms with Crippen molar-refractivity contribution in [3.8, 4) is 0 Å². The number of carboxylic acid groups (broad SMARTS) is 1. The molecule has 0 saturated carbocycles. The Bertz CT molecular complexity index is 414. The van der Waals surface area contributed by atoms with Gasteiger partial charge in [-0.15, -0.1) is 0 Å². The van der Waals surface area contributed by atoms with Crippen molar-refractivity contribution in [1.82, 2.24) is 10.3 Å². The summed E-state index contributed by atoms with van der Waals surface area (Å²) in [4.78, 5) is 36.4. The second kappa shape index (κ2) is 5.64. The number of nitrogens with two attached hydrogens (primary N) is 1. The van der Waals surface area contributed by atoms with Crippen molar-refractivity contribution < 1.29 is 23.9 Å². The van der Waals surface area contributed by atoms with E-state index in [-0.39, 0.29) is 6.42 Å². The first kappa shape index (κ1) is 12.7. The lowest BCUT2D eigenvalue weighted by Crippen LogP contribution is -2.43. The number of nitrogens with one attached hydrogen (secondary N) is 1. The zero-order chi connectivity index (χ0) is 12.8. The van der Waals surface area contributed by atoms with Gasteiger partial charge in [-0.3, -0.25) is 9.59 Å². The number of hydrogen-bond acceptors (Lipinski definition) is 5. The predicted molar refractivity (Wildman–Crippen MR) is 53.6 cm³/mol. The highest BCUT2D eigenvalue weighted by atomic mass is 16.4. The van der Waals surface area contributed by atoms with Gasteiger partial charge in [0, 0.05) is 0 Å². The van der Waals surface area contributed by atoms with Crippen molar-refractivity contribution in [3.63, 3.8) is 0 Å². The van der Waals surface area contributed by atoms with Gasteiger partial charge in [0.05, 0.1) is 18.5 Å². The van der Waals surface area contributed by atoms with E-state index in [1.807, 2.05) is 0 Å². The average molecular weight is 241 g/mol. The van der Waals surface area contributed by atoms with E-state index in [1.165, 1.54) is 6.26 Å². The molecule has 1 atom stereocenters. The number of rotatable bonds is 6. The molecule has 92 valence electrons. The van der Waals surface area contributed by atoms with Gasteiger partial charge in [-0.25, -0.2) is 9.78 Å². The van der Waals surface area contributed by atoms with Gasteiger partial charge in [-0.2, -0.15) is 0 Å². The number of carbonyl (C=O) groups is 3. The number of carbonyl (C=O) groups excluding carboxylic acids is 2. The van der Waals surface area contributed by atoms with Gasteiger partial charge in [0.15, 0.2) is 6.39 Å². The molecule has 2 amide bonds. The minimum absolute atomic E-state index is 0.126. The summed E-state index contributed by atoms with van der Waals surface area (Å²) in [5.74, 6) is -2.70. The van der Waals surface area contributed by atoms with Crippen LogP contribution in [0.5, 0.6) is 0 Å². The summed E-state index contributed by atoms with van der Waals surface area (Å²) < 4.78 is 4.65. The molecule has 0 bridgehead atoms. The Balaban J connectivity index is 2.52. The Labute approximate surface area is 95.8 Å². The first-order chi connectivity index (χ1) is 7.99. The van der Waals surface area contributed by atoms with Gasteiger partial charge in [-0.05, 0) is 0 Å². The van der Waals surface area contributed by atoms with E-state index in [9.17, 15) is 14.4 Å². The molecule has 1 aromatic rings. The molecule has 8 nitrogen and oxygen atoms in total. The fourth-order valence-corrected chi connectivity index (χ4v) is 1.14. The van der Waals surface area contributed by atoms with Crippen LogP contribution in [-0.4, -0.2) is 33.9 Å². The standard InChI is InChI=1S/C9H11N3O5/c10-7(13)2-6(9(15)16)12-8(14)1-5-3-17-4-11-5/h3-4,6H,1-2H2,(H2,10,13)(H,12,14)(H,15,16)/t6-/m0/s1. The molecule has 0 fully saturated rings. The summed E-state index contributed by atoms with van der Waals surface area (Å²) >= 11 is 0. The normalized spacial score (nSPS) is 11.8. The molecule has 4 N–H and O–H groups in total. The number of aliphatic carboxylic acids is 1. The number of aromatic nitrogens is 1. The van der Waals surface area contributed by atoms with Crippen molar-refractivity contribution >= 4 is 17.8 Å². The van der Waals surface area contributed by atoms with E-state index in [4.69, 9.17) is 10.8 Å². The van der Waals surface area contributed by atoms with E-state index >= 15 is 0 Å². The third kappa shape index (κ3) is 4.33. The van der Waals surface area contributed by atoms with E-state index in [0.717, 1.165) is 6.39 Å². The highest BCUT2D eigenvalue weighted by molar-refractivity contribution is 5.88. The predicted octanol–water partition coefficient (Wildman–Crippen LogP) is -1.34. The minimum atomic E-state index is -1.33. The Morgan fingerprint density at radius 2 is 2.24 bits per heavy atom. The third-order valence-electron chi connectivity index (χ3n) is 1.86. The summed E-state index contributed by atoms with van der Waals surface area (Å²) in [5, 5.41) is 10.9. The summed E-state index contributed by atoms with van der Waals surface area (Å²) in [7, 11) is 0. The lowest BCUT2D eigenvalue weighted by Gasteiger charge is -2.11. The number of hydrogen-bond donors (Lipinski definition) is 3. The number of primary amides is 1. The second-order valence-electron chi connectivity index (χ2n) is 3.29. The number of nitrogens with zero attached hydrogens (tertiary/aromatic N) is 1. The van der Waals surface area contributed by atoms with Crippen molar-refractivity contribution in [2.24, 2.45) is 5.73 Å². The van der Waals surface area contributed by atoms with Gasteiger partial charge in [0.25, 0.3) is 0 Å². The molecule has 0 radical (unpaired) electrons. The Morgan fingerprint density at radius 1 is 1.53 bits per heavy atom. The molecule has 8 heteroatoms. The molecule has 1 aromatic heterocycles. The van der Waals surface area contributed by atoms with E-state index in [2.05, 4.69) is 14.7 Å². The van der Waals surface area contributed by atoms with Crippen LogP contribution in [-0.2, 0) is 20.8 Å². The lowest BCUT2D eigenvalue weighted by atomic mass is 10.2. The fourth-order valence-electron chi connectivity index (χ4n) is 1.14. The average Bonchev–Trinajstić information content (AvgIpc) is 2.68. The summed E-state index contributed by atoms with van der Waals surface area (Å²) in [5.41, 5.74) is 5.23. The molecule has 1 rings (SSSR count). The van der Waals surface area contributed by atoms with E-state index < -0.39 is 30.2 Å². The molecule has 0 saturated heterocycles. The molecular weight excluding hydrogens is 230 g/mol. The lowest BCUT2D eigenvalue weighted by molar-refractivity contribution is -0.143. The van der Waals surface area contributed by atoms with Crippen LogP contribution in [0, 0.1) is 0 Å².